The van der Waals surface area contributed by atoms with E-state index in [-0.39, 0.29) is 30.6 Å². The quantitative estimate of drug-likeness (QED) is 0.476. The van der Waals surface area contributed by atoms with Crippen LogP contribution in [0.3, 0.4) is 0 Å². The number of nitrogen functional groups attached to an aromatic ring is 1. The molecule has 0 spiro atoms. The molecule has 9 nitrogen and oxygen atoms in total. The normalized spacial score (nSPS) is 10.9. The number of aromatic nitrogens is 2. The predicted molar refractivity (Wildman–Crippen MR) is 133 cm³/mol. The molecule has 0 bridgehead atoms. The summed E-state index contributed by atoms with van der Waals surface area (Å²) in [7, 11) is 1.52. The van der Waals surface area contributed by atoms with Gasteiger partial charge in [-0.3, -0.25) is 24.0 Å². The summed E-state index contributed by atoms with van der Waals surface area (Å²) in [5.41, 5.74) is 6.40. The van der Waals surface area contributed by atoms with Gasteiger partial charge in [0.05, 0.1) is 6.61 Å². The van der Waals surface area contributed by atoms with Crippen LogP contribution in [0.5, 0.6) is 0 Å². The fraction of sp³-hybridized carbons (Fsp3) is 0.542. The minimum absolute atomic E-state index is 0.0185. The number of anilines is 3. The molecule has 182 valence electrons. The molecule has 0 saturated heterocycles. The van der Waals surface area contributed by atoms with Crippen LogP contribution in [0.1, 0.15) is 56.8 Å². The number of ether oxygens (including phenoxy) is 1. The molecule has 3 N–H and O–H groups in total. The van der Waals surface area contributed by atoms with Crippen molar-refractivity contribution in [2.75, 3.05) is 48.9 Å². The molecule has 0 aliphatic carbocycles. The Hall–Kier alpha value is -3.07. The molecule has 1 aromatic carbocycles. The summed E-state index contributed by atoms with van der Waals surface area (Å²) in [5.74, 6) is -0.400. The van der Waals surface area contributed by atoms with E-state index in [0.717, 1.165) is 44.5 Å². The average molecular weight is 460 g/mol. The Labute approximate surface area is 195 Å². The Morgan fingerprint density at radius 3 is 2.30 bits per heavy atom. The molecule has 33 heavy (non-hydrogen) atoms. The van der Waals surface area contributed by atoms with E-state index in [1.54, 1.807) is 12.1 Å². The molecule has 2 aromatic rings. The fourth-order valence-electron chi connectivity index (χ4n) is 3.66. The zero-order valence-corrected chi connectivity index (χ0v) is 20.2. The van der Waals surface area contributed by atoms with Gasteiger partial charge >= 0.3 is 5.69 Å². The monoisotopic (exact) mass is 459 g/mol. The average Bonchev–Trinajstić information content (AvgIpc) is 2.81. The van der Waals surface area contributed by atoms with Gasteiger partial charge in [-0.1, -0.05) is 26.7 Å². The highest BCUT2D eigenvalue weighted by Crippen LogP contribution is 2.22. The van der Waals surface area contributed by atoms with Crippen LogP contribution in [0.2, 0.25) is 0 Å². The zero-order chi connectivity index (χ0) is 24.4. The zero-order valence-electron chi connectivity index (χ0n) is 20.2. The van der Waals surface area contributed by atoms with Crippen molar-refractivity contribution in [2.45, 2.75) is 53.0 Å². The van der Waals surface area contributed by atoms with Crippen LogP contribution in [0, 0.1) is 0 Å². The Balaban J connectivity index is 2.44. The number of unbranched alkanes of at least 4 members (excludes halogenated alkanes) is 2. The number of carbonyl (C=O) groups excluding carboxylic acids is 1. The Kier molecular flexibility index (Phi) is 10.2. The molecule has 0 saturated carbocycles. The number of nitrogens with zero attached hydrogens (tertiary/aromatic N) is 3. The summed E-state index contributed by atoms with van der Waals surface area (Å²) in [6.07, 6.45) is 3.77. The minimum atomic E-state index is -0.692. The summed E-state index contributed by atoms with van der Waals surface area (Å²) >= 11 is 0. The van der Waals surface area contributed by atoms with Gasteiger partial charge in [0, 0.05) is 44.5 Å². The maximum atomic E-state index is 13.4. The van der Waals surface area contributed by atoms with E-state index in [1.807, 2.05) is 19.1 Å². The molecule has 1 heterocycles. The van der Waals surface area contributed by atoms with Crippen molar-refractivity contribution in [3.63, 3.8) is 0 Å². The molecule has 0 aliphatic rings. The molecule has 0 fully saturated rings. The minimum Gasteiger partial charge on any atom is -0.383 e. The number of carbonyl (C=O) groups is 1. The third-order valence-electron chi connectivity index (χ3n) is 5.63. The first-order chi connectivity index (χ1) is 15.9. The van der Waals surface area contributed by atoms with Crippen molar-refractivity contribution < 1.29 is 9.53 Å². The topological polar surface area (TPSA) is 114 Å². The molecule has 1 amide bonds. The van der Waals surface area contributed by atoms with Gasteiger partial charge in [-0.25, -0.2) is 4.79 Å². The van der Waals surface area contributed by atoms with Gasteiger partial charge in [0.15, 0.2) is 5.69 Å². The number of amides is 1. The maximum absolute atomic E-state index is 13.4. The first-order valence-corrected chi connectivity index (χ1v) is 11.7. The van der Waals surface area contributed by atoms with E-state index in [4.69, 9.17) is 10.5 Å². The first kappa shape index (κ1) is 26.2. The lowest BCUT2D eigenvalue weighted by Crippen LogP contribution is -2.42. The lowest BCUT2D eigenvalue weighted by atomic mass is 10.1. The summed E-state index contributed by atoms with van der Waals surface area (Å²) in [6.45, 7) is 8.76. The SMILES string of the molecule is CCCCN(CC)c1ccc(C(=O)N(CCOC)c2c(N)n(CCCC)c(=O)[nH]c2=O)cc1. The van der Waals surface area contributed by atoms with Gasteiger partial charge < -0.3 is 15.4 Å². The Morgan fingerprint density at radius 1 is 1.06 bits per heavy atom. The maximum Gasteiger partial charge on any atom is 0.330 e. The van der Waals surface area contributed by atoms with Crippen molar-refractivity contribution in [3.8, 4) is 0 Å². The van der Waals surface area contributed by atoms with Crippen molar-refractivity contribution in [2.24, 2.45) is 0 Å². The van der Waals surface area contributed by atoms with Crippen LogP contribution in [0.4, 0.5) is 17.2 Å². The molecule has 0 radical (unpaired) electrons. The standard InChI is InChI=1S/C24H37N5O4/c1-5-8-14-27(7-3)19-12-10-18(11-13-19)23(31)28(16-17-33-4)20-21(25)29(15-9-6-2)24(32)26-22(20)30/h10-13H,5-9,14-17,25H2,1-4H3,(H,26,30,32). The molecule has 0 atom stereocenters. The fourth-order valence-corrected chi connectivity index (χ4v) is 3.66. The first-order valence-electron chi connectivity index (χ1n) is 11.7. The highest BCUT2D eigenvalue weighted by atomic mass is 16.5. The van der Waals surface area contributed by atoms with Gasteiger partial charge in [0.1, 0.15) is 5.82 Å². The Bertz CT molecular complexity index is 1010. The van der Waals surface area contributed by atoms with Gasteiger partial charge in [-0.15, -0.1) is 0 Å². The number of benzene rings is 1. The number of aromatic amines is 1. The largest absolute Gasteiger partial charge is 0.383 e. The smallest absolute Gasteiger partial charge is 0.330 e. The molecule has 9 heteroatoms. The number of hydrogen-bond acceptors (Lipinski definition) is 6. The van der Waals surface area contributed by atoms with E-state index in [1.165, 1.54) is 16.6 Å². The summed E-state index contributed by atoms with van der Waals surface area (Å²) in [6, 6.07) is 7.33. The number of nitrogens with one attached hydrogen (secondary N) is 1. The van der Waals surface area contributed by atoms with Crippen LogP contribution in [0.15, 0.2) is 33.9 Å². The van der Waals surface area contributed by atoms with Crippen LogP contribution < -0.4 is 26.8 Å². The molecule has 1 aromatic heterocycles. The van der Waals surface area contributed by atoms with Gasteiger partial charge in [-0.2, -0.15) is 0 Å². The lowest BCUT2D eigenvalue weighted by Gasteiger charge is -2.25. The van der Waals surface area contributed by atoms with Gasteiger partial charge in [-0.05, 0) is 44.0 Å². The number of hydrogen-bond donors (Lipinski definition) is 2. The van der Waals surface area contributed by atoms with E-state index < -0.39 is 11.2 Å². The van der Waals surface area contributed by atoms with Crippen molar-refractivity contribution in [1.82, 2.24) is 9.55 Å². The van der Waals surface area contributed by atoms with E-state index in [9.17, 15) is 14.4 Å². The van der Waals surface area contributed by atoms with Crippen molar-refractivity contribution in [1.29, 1.82) is 0 Å². The van der Waals surface area contributed by atoms with E-state index >= 15 is 0 Å². The number of rotatable bonds is 13. The third kappa shape index (κ3) is 6.47. The molecular formula is C24H37N5O4. The second kappa shape index (κ2) is 12.8. The summed E-state index contributed by atoms with van der Waals surface area (Å²) < 4.78 is 6.47. The van der Waals surface area contributed by atoms with E-state index in [0.29, 0.717) is 12.1 Å². The highest BCUT2D eigenvalue weighted by molar-refractivity contribution is 6.07. The van der Waals surface area contributed by atoms with Gasteiger partial charge in [0.25, 0.3) is 11.5 Å². The van der Waals surface area contributed by atoms with Crippen LogP contribution in [-0.4, -0.2) is 48.8 Å². The lowest BCUT2D eigenvalue weighted by molar-refractivity contribution is 0.0975. The third-order valence-corrected chi connectivity index (χ3v) is 5.63. The van der Waals surface area contributed by atoms with E-state index in [2.05, 4.69) is 23.7 Å². The summed E-state index contributed by atoms with van der Waals surface area (Å²) in [5, 5.41) is 0. The summed E-state index contributed by atoms with van der Waals surface area (Å²) in [4.78, 5) is 44.3. The van der Waals surface area contributed by atoms with Crippen molar-refractivity contribution >= 4 is 23.1 Å². The second-order valence-electron chi connectivity index (χ2n) is 7.93. The number of methoxy groups -OCH3 is 1. The van der Waals surface area contributed by atoms with Crippen LogP contribution in [-0.2, 0) is 11.3 Å². The van der Waals surface area contributed by atoms with Gasteiger partial charge in [0.2, 0.25) is 0 Å². The second-order valence-corrected chi connectivity index (χ2v) is 7.93. The number of nitrogens with two attached hydrogens (primary N) is 1. The van der Waals surface area contributed by atoms with Crippen LogP contribution in [0.25, 0.3) is 0 Å². The molecule has 0 unspecified atom stereocenters. The number of H-pyrrole nitrogens is 1. The van der Waals surface area contributed by atoms with Crippen LogP contribution >= 0.6 is 0 Å². The molecule has 2 rings (SSSR count). The molecular weight excluding hydrogens is 422 g/mol. The molecule has 0 aliphatic heterocycles. The predicted octanol–water partition coefficient (Wildman–Crippen LogP) is 2.84. The van der Waals surface area contributed by atoms with Crippen molar-refractivity contribution in [3.05, 3.63) is 50.7 Å². The Morgan fingerprint density at radius 2 is 1.73 bits per heavy atom. The highest BCUT2D eigenvalue weighted by Gasteiger charge is 2.25.